The second-order valence-electron chi connectivity index (χ2n) is 8.94. The van der Waals surface area contributed by atoms with Crippen LogP contribution < -0.4 is 29.0 Å². The average molecular weight is 524 g/mol. The molecule has 1 heterocycles. The first-order valence-electron chi connectivity index (χ1n) is 12.7. The van der Waals surface area contributed by atoms with Crippen molar-refractivity contribution in [2.45, 2.75) is 43.2 Å². The first-order chi connectivity index (χ1) is 18.1. The summed E-state index contributed by atoms with van der Waals surface area (Å²) in [4.78, 5) is 0. The fourth-order valence-electron chi connectivity index (χ4n) is 4.65. The Bertz CT molecular complexity index is 1150. The van der Waals surface area contributed by atoms with Gasteiger partial charge in [0.15, 0.2) is 23.0 Å². The second kappa shape index (κ2) is 12.9. The zero-order chi connectivity index (χ0) is 26.2. The van der Waals surface area contributed by atoms with E-state index < -0.39 is 0 Å². The number of methoxy groups -OCH3 is 4. The molecule has 0 aliphatic carbocycles. The van der Waals surface area contributed by atoms with Crippen molar-refractivity contribution in [3.63, 3.8) is 0 Å². The summed E-state index contributed by atoms with van der Waals surface area (Å²) in [6.07, 6.45) is 3.04. The first kappa shape index (κ1) is 26.9. The highest BCUT2D eigenvalue weighted by atomic mass is 32.2. The van der Waals surface area contributed by atoms with Crippen LogP contribution in [0.25, 0.3) is 0 Å². The van der Waals surface area contributed by atoms with Gasteiger partial charge in [-0.3, -0.25) is 0 Å². The van der Waals surface area contributed by atoms with E-state index in [1.165, 1.54) is 16.7 Å². The topological polar surface area (TPSA) is 58.2 Å². The largest absolute Gasteiger partial charge is 0.493 e. The van der Waals surface area contributed by atoms with Gasteiger partial charge in [-0.25, -0.2) is 0 Å². The maximum absolute atomic E-state index is 6.14. The fraction of sp³-hybridized carbons (Fsp3) is 0.400. The van der Waals surface area contributed by atoms with Gasteiger partial charge in [-0.1, -0.05) is 37.3 Å². The van der Waals surface area contributed by atoms with Crippen LogP contribution in [0.2, 0.25) is 0 Å². The Hall–Kier alpha value is -3.19. The Morgan fingerprint density at radius 2 is 1.32 bits per heavy atom. The molecule has 1 N–H and O–H groups in total. The zero-order valence-corrected chi connectivity index (χ0v) is 23.2. The summed E-state index contributed by atoms with van der Waals surface area (Å²) < 4.78 is 28.6. The number of anilines is 1. The van der Waals surface area contributed by atoms with Crippen LogP contribution in [0, 0.1) is 0 Å². The van der Waals surface area contributed by atoms with Crippen LogP contribution in [-0.4, -0.2) is 35.0 Å². The Morgan fingerprint density at radius 3 is 1.86 bits per heavy atom. The number of benzene rings is 3. The molecule has 0 aromatic heterocycles. The third-order valence-electron chi connectivity index (χ3n) is 6.52. The maximum atomic E-state index is 6.14. The third kappa shape index (κ3) is 6.21. The summed E-state index contributed by atoms with van der Waals surface area (Å²) in [5, 5.41) is 4.25. The Labute approximate surface area is 224 Å². The van der Waals surface area contributed by atoms with Crippen molar-refractivity contribution in [3.05, 3.63) is 71.3 Å². The molecule has 0 unspecified atom stereocenters. The summed E-state index contributed by atoms with van der Waals surface area (Å²) >= 11 is 1.96. The molecule has 4 rings (SSSR count). The highest BCUT2D eigenvalue weighted by molar-refractivity contribution is 8.00. The average Bonchev–Trinajstić information content (AvgIpc) is 3.45. The summed E-state index contributed by atoms with van der Waals surface area (Å²) in [5.74, 6) is 3.53. The molecule has 0 bridgehead atoms. The van der Waals surface area contributed by atoms with Gasteiger partial charge in [-0.15, -0.1) is 11.8 Å². The number of ether oxygens (including phenoxy) is 5. The molecule has 198 valence electrons. The van der Waals surface area contributed by atoms with Crippen LogP contribution in [-0.2, 0) is 6.54 Å². The number of hydrogen-bond acceptors (Lipinski definition) is 7. The van der Waals surface area contributed by atoms with Gasteiger partial charge in [-0.05, 0) is 60.2 Å². The monoisotopic (exact) mass is 523 g/mol. The molecule has 1 saturated heterocycles. The van der Waals surface area contributed by atoms with E-state index in [0.29, 0.717) is 40.9 Å². The first-order valence-corrected chi connectivity index (χ1v) is 13.6. The van der Waals surface area contributed by atoms with Gasteiger partial charge in [0.1, 0.15) is 0 Å². The van der Waals surface area contributed by atoms with E-state index in [9.17, 15) is 0 Å². The van der Waals surface area contributed by atoms with Crippen LogP contribution in [0.15, 0.2) is 54.6 Å². The van der Waals surface area contributed by atoms with Gasteiger partial charge in [-0.2, -0.15) is 0 Å². The number of nitrogens with one attached hydrogen (secondary N) is 1. The van der Waals surface area contributed by atoms with E-state index in [2.05, 4.69) is 60.8 Å². The van der Waals surface area contributed by atoms with E-state index >= 15 is 0 Å². The molecule has 0 radical (unpaired) electrons. The highest BCUT2D eigenvalue weighted by Crippen LogP contribution is 2.56. The Kier molecular flexibility index (Phi) is 9.34. The Balaban J connectivity index is 1.60. The van der Waals surface area contributed by atoms with Crippen molar-refractivity contribution in [3.8, 4) is 28.7 Å². The van der Waals surface area contributed by atoms with Crippen LogP contribution in [0.1, 0.15) is 53.4 Å². The van der Waals surface area contributed by atoms with Gasteiger partial charge in [0.2, 0.25) is 5.75 Å². The van der Waals surface area contributed by atoms with Crippen molar-refractivity contribution in [2.75, 3.05) is 40.4 Å². The second-order valence-corrected chi connectivity index (χ2v) is 10.3. The number of thioether (sulfide) groups is 1. The minimum Gasteiger partial charge on any atom is -0.493 e. The van der Waals surface area contributed by atoms with Crippen molar-refractivity contribution < 1.29 is 23.7 Å². The lowest BCUT2D eigenvalue weighted by molar-refractivity contribution is 0.295. The van der Waals surface area contributed by atoms with Gasteiger partial charge in [0.25, 0.3) is 0 Å². The van der Waals surface area contributed by atoms with E-state index in [1.54, 1.807) is 28.4 Å². The predicted octanol–water partition coefficient (Wildman–Crippen LogP) is 7.43. The summed E-state index contributed by atoms with van der Waals surface area (Å²) in [6, 6.07) is 18.9. The predicted molar refractivity (Wildman–Crippen MR) is 151 cm³/mol. The van der Waals surface area contributed by atoms with Crippen LogP contribution in [0.3, 0.4) is 0 Å². The molecular formula is C30H37NO5S. The van der Waals surface area contributed by atoms with Gasteiger partial charge in [0.05, 0.1) is 40.7 Å². The van der Waals surface area contributed by atoms with Crippen LogP contribution in [0.5, 0.6) is 28.7 Å². The molecule has 37 heavy (non-hydrogen) atoms. The molecule has 2 atom stereocenters. The molecule has 1 aliphatic rings. The van der Waals surface area contributed by atoms with Crippen molar-refractivity contribution in [2.24, 2.45) is 0 Å². The van der Waals surface area contributed by atoms with Gasteiger partial charge in [0, 0.05) is 17.0 Å². The number of hydrogen-bond donors (Lipinski definition) is 1. The minimum atomic E-state index is 0.321. The zero-order valence-electron chi connectivity index (χ0n) is 22.3. The fourth-order valence-corrected chi connectivity index (χ4v) is 6.18. The lowest BCUT2D eigenvalue weighted by Gasteiger charge is -2.21. The SMILES string of the molecule is CCCOc1c(NCc2ccccc2)cc([C@H]2CC[C@H](c3cc(OC)c(OC)c(OC)c3)S2)cc1OC. The molecule has 3 aromatic rings. The molecular weight excluding hydrogens is 486 g/mol. The standard InChI is InChI=1S/C30H37NO5S/c1-6-14-36-29-23(31-19-20-10-8-7-9-11-20)15-21(16-24(29)32-2)27-12-13-28(37-27)22-17-25(33-3)30(35-5)26(18-22)34-4/h7-11,15-18,27-28,31H,6,12-14,19H2,1-5H3/t27-,28-/m1/s1. The van der Waals surface area contributed by atoms with Crippen molar-refractivity contribution >= 4 is 17.4 Å². The molecule has 0 amide bonds. The lowest BCUT2D eigenvalue weighted by atomic mass is 10.0. The van der Waals surface area contributed by atoms with E-state index in [1.807, 2.05) is 17.8 Å². The van der Waals surface area contributed by atoms with E-state index in [0.717, 1.165) is 36.4 Å². The molecule has 7 heteroatoms. The molecule has 1 fully saturated rings. The quantitative estimate of drug-likeness (QED) is 0.265. The molecule has 6 nitrogen and oxygen atoms in total. The minimum absolute atomic E-state index is 0.321. The Morgan fingerprint density at radius 1 is 0.757 bits per heavy atom. The molecule has 0 spiro atoms. The van der Waals surface area contributed by atoms with Gasteiger partial charge < -0.3 is 29.0 Å². The molecule has 1 aliphatic heterocycles. The smallest absolute Gasteiger partial charge is 0.203 e. The molecule has 3 aromatic carbocycles. The van der Waals surface area contributed by atoms with E-state index in [4.69, 9.17) is 23.7 Å². The van der Waals surface area contributed by atoms with Crippen molar-refractivity contribution in [1.29, 1.82) is 0 Å². The normalized spacial score (nSPS) is 16.8. The summed E-state index contributed by atoms with van der Waals surface area (Å²) in [5.41, 5.74) is 4.59. The van der Waals surface area contributed by atoms with Crippen LogP contribution in [0.4, 0.5) is 5.69 Å². The highest BCUT2D eigenvalue weighted by Gasteiger charge is 2.31. The van der Waals surface area contributed by atoms with Gasteiger partial charge >= 0.3 is 0 Å². The van der Waals surface area contributed by atoms with Crippen molar-refractivity contribution in [1.82, 2.24) is 0 Å². The molecule has 0 saturated carbocycles. The lowest BCUT2D eigenvalue weighted by Crippen LogP contribution is -2.06. The third-order valence-corrected chi connectivity index (χ3v) is 8.20. The summed E-state index contributed by atoms with van der Waals surface area (Å²) in [6.45, 7) is 3.45. The van der Waals surface area contributed by atoms with Crippen LogP contribution >= 0.6 is 11.8 Å². The number of rotatable bonds is 12. The maximum Gasteiger partial charge on any atom is 0.203 e. The summed E-state index contributed by atoms with van der Waals surface area (Å²) in [7, 11) is 6.65. The van der Waals surface area contributed by atoms with E-state index in [-0.39, 0.29) is 0 Å².